The van der Waals surface area contributed by atoms with Crippen LogP contribution in [0.2, 0.25) is 0 Å². The lowest BCUT2D eigenvalue weighted by atomic mass is 9.82. The topological polar surface area (TPSA) is 23.6 Å². The molecule has 0 aromatic rings. The molecule has 1 aliphatic carbocycles. The molecule has 1 saturated heterocycles. The zero-order chi connectivity index (χ0) is 17.2. The molecule has 0 N–H and O–H groups in total. The molecular weight excluding hydrogens is 296 g/mol. The highest BCUT2D eigenvalue weighted by Gasteiger charge is 2.30. The van der Waals surface area contributed by atoms with E-state index in [1.165, 1.54) is 84.1 Å². The van der Waals surface area contributed by atoms with E-state index < -0.39 is 0 Å². The molecule has 2 rings (SSSR count). The smallest absolute Gasteiger partial charge is 0.135 e. The van der Waals surface area contributed by atoms with Crippen LogP contribution in [0.15, 0.2) is 0 Å². The minimum absolute atomic E-state index is 0.375. The Morgan fingerprint density at radius 2 is 1.46 bits per heavy atom. The van der Waals surface area contributed by atoms with Crippen LogP contribution < -0.4 is 0 Å². The summed E-state index contributed by atoms with van der Waals surface area (Å²) in [6.07, 6.45) is 13.9. The number of nitrogens with zero attached hydrogens (tertiary/aromatic N) is 2. The summed E-state index contributed by atoms with van der Waals surface area (Å²) in [5.41, 5.74) is 0. The lowest BCUT2D eigenvalue weighted by Crippen LogP contribution is -2.51. The Morgan fingerprint density at radius 3 is 2.08 bits per heavy atom. The fourth-order valence-electron chi connectivity index (χ4n) is 4.52. The molecule has 1 saturated carbocycles. The first kappa shape index (κ1) is 19.9. The number of ketones is 1. The van der Waals surface area contributed by atoms with Gasteiger partial charge in [0.2, 0.25) is 0 Å². The number of hydrogen-bond acceptors (Lipinski definition) is 3. The first-order valence-electron chi connectivity index (χ1n) is 10.7. The highest BCUT2D eigenvalue weighted by Crippen LogP contribution is 2.29. The summed E-state index contributed by atoms with van der Waals surface area (Å²) in [6.45, 7) is 10.6. The van der Waals surface area contributed by atoms with Gasteiger partial charge in [-0.25, -0.2) is 0 Å². The summed E-state index contributed by atoms with van der Waals surface area (Å²) in [5, 5.41) is 0. The standard InChI is InChI=1S/C21H40N2O/c1-3-5-6-7-8-9-14-22-15-17-23(18-16-22)20-12-10-19(11-13-20)21(24)4-2/h19-20H,3-18H2,1-2H3. The van der Waals surface area contributed by atoms with Crippen molar-refractivity contribution >= 4 is 5.78 Å². The molecule has 1 heterocycles. The van der Waals surface area contributed by atoms with Gasteiger partial charge < -0.3 is 4.90 Å². The van der Waals surface area contributed by atoms with Crippen LogP contribution in [-0.4, -0.2) is 54.3 Å². The van der Waals surface area contributed by atoms with E-state index in [-0.39, 0.29) is 0 Å². The monoisotopic (exact) mass is 336 g/mol. The molecule has 3 heteroatoms. The van der Waals surface area contributed by atoms with Crippen LogP contribution >= 0.6 is 0 Å². The molecule has 0 unspecified atom stereocenters. The Kier molecular flexibility index (Phi) is 9.33. The molecule has 0 amide bonds. The molecule has 24 heavy (non-hydrogen) atoms. The maximum atomic E-state index is 11.9. The SMILES string of the molecule is CCCCCCCCN1CCN(C2CCC(C(=O)CC)CC2)CC1. The lowest BCUT2D eigenvalue weighted by Gasteiger charge is -2.41. The van der Waals surface area contributed by atoms with Gasteiger partial charge in [0, 0.05) is 44.6 Å². The van der Waals surface area contributed by atoms with Crippen molar-refractivity contribution in [2.75, 3.05) is 32.7 Å². The second-order valence-electron chi connectivity index (χ2n) is 7.97. The second kappa shape index (κ2) is 11.3. The zero-order valence-corrected chi connectivity index (χ0v) is 16.3. The molecule has 0 spiro atoms. The van der Waals surface area contributed by atoms with E-state index in [2.05, 4.69) is 16.7 Å². The van der Waals surface area contributed by atoms with Crippen molar-refractivity contribution in [3.63, 3.8) is 0 Å². The number of rotatable bonds is 10. The van der Waals surface area contributed by atoms with Gasteiger partial charge in [-0.2, -0.15) is 0 Å². The highest BCUT2D eigenvalue weighted by molar-refractivity contribution is 5.80. The second-order valence-corrected chi connectivity index (χ2v) is 7.97. The van der Waals surface area contributed by atoms with Gasteiger partial charge in [0.1, 0.15) is 5.78 Å². The molecule has 2 fully saturated rings. The molecule has 0 radical (unpaired) electrons. The van der Waals surface area contributed by atoms with Crippen molar-refractivity contribution in [2.24, 2.45) is 5.92 Å². The zero-order valence-electron chi connectivity index (χ0n) is 16.3. The van der Waals surface area contributed by atoms with Gasteiger partial charge in [0.25, 0.3) is 0 Å². The number of carbonyl (C=O) groups excluding carboxylic acids is 1. The van der Waals surface area contributed by atoms with E-state index >= 15 is 0 Å². The van der Waals surface area contributed by atoms with Crippen LogP contribution in [0.3, 0.4) is 0 Å². The van der Waals surface area contributed by atoms with E-state index in [1.807, 2.05) is 6.92 Å². The summed E-state index contributed by atoms with van der Waals surface area (Å²) in [5.74, 6) is 0.873. The van der Waals surface area contributed by atoms with Crippen LogP contribution in [0.25, 0.3) is 0 Å². The van der Waals surface area contributed by atoms with Gasteiger partial charge in [0.05, 0.1) is 0 Å². The van der Waals surface area contributed by atoms with E-state index in [0.29, 0.717) is 11.7 Å². The predicted octanol–water partition coefficient (Wildman–Crippen LogP) is 4.50. The third-order valence-corrected chi connectivity index (χ3v) is 6.25. The first-order valence-corrected chi connectivity index (χ1v) is 10.7. The van der Waals surface area contributed by atoms with Crippen LogP contribution in [0.4, 0.5) is 0 Å². The molecule has 140 valence electrons. The normalized spacial score (nSPS) is 26.6. The number of carbonyl (C=O) groups is 1. The number of Topliss-reactive ketones (excluding diaryl/α,β-unsaturated/α-hetero) is 1. The third kappa shape index (κ3) is 6.48. The Labute approximate surface area is 150 Å². The summed E-state index contributed by atoms with van der Waals surface area (Å²) in [6, 6.07) is 0.752. The minimum Gasteiger partial charge on any atom is -0.301 e. The van der Waals surface area contributed by atoms with Crippen LogP contribution in [-0.2, 0) is 4.79 Å². The van der Waals surface area contributed by atoms with Crippen LogP contribution in [0, 0.1) is 5.92 Å². The molecule has 1 aliphatic heterocycles. The largest absolute Gasteiger partial charge is 0.301 e. The summed E-state index contributed by atoms with van der Waals surface area (Å²) >= 11 is 0. The molecule has 3 nitrogen and oxygen atoms in total. The van der Waals surface area contributed by atoms with E-state index in [0.717, 1.165) is 25.3 Å². The Hall–Kier alpha value is -0.410. The van der Waals surface area contributed by atoms with Gasteiger partial charge in [-0.1, -0.05) is 46.0 Å². The number of hydrogen-bond donors (Lipinski definition) is 0. The third-order valence-electron chi connectivity index (χ3n) is 6.25. The fraction of sp³-hybridized carbons (Fsp3) is 0.952. The Bertz CT molecular complexity index is 342. The first-order chi connectivity index (χ1) is 11.7. The van der Waals surface area contributed by atoms with Gasteiger partial charge in [-0.3, -0.25) is 9.69 Å². The van der Waals surface area contributed by atoms with Gasteiger partial charge in [-0.05, 0) is 38.6 Å². The molecule has 0 aromatic carbocycles. The summed E-state index contributed by atoms with van der Waals surface area (Å²) in [4.78, 5) is 17.2. The van der Waals surface area contributed by atoms with Crippen molar-refractivity contribution < 1.29 is 4.79 Å². The quantitative estimate of drug-likeness (QED) is 0.549. The lowest BCUT2D eigenvalue weighted by molar-refractivity contribution is -0.123. The van der Waals surface area contributed by atoms with E-state index in [1.54, 1.807) is 0 Å². The Balaban J connectivity index is 1.56. The van der Waals surface area contributed by atoms with Gasteiger partial charge in [0.15, 0.2) is 0 Å². The van der Waals surface area contributed by atoms with Crippen molar-refractivity contribution in [1.82, 2.24) is 9.80 Å². The number of piperazine rings is 1. The van der Waals surface area contributed by atoms with Gasteiger partial charge in [-0.15, -0.1) is 0 Å². The van der Waals surface area contributed by atoms with Crippen LogP contribution in [0.1, 0.15) is 84.5 Å². The van der Waals surface area contributed by atoms with Crippen molar-refractivity contribution in [2.45, 2.75) is 90.5 Å². The molecular formula is C21H40N2O. The molecule has 0 bridgehead atoms. The molecule has 0 atom stereocenters. The molecule has 0 aromatic heterocycles. The minimum atomic E-state index is 0.375. The maximum Gasteiger partial charge on any atom is 0.135 e. The summed E-state index contributed by atoms with van der Waals surface area (Å²) in [7, 11) is 0. The van der Waals surface area contributed by atoms with Crippen molar-refractivity contribution in [1.29, 1.82) is 0 Å². The van der Waals surface area contributed by atoms with Crippen molar-refractivity contribution in [3.8, 4) is 0 Å². The van der Waals surface area contributed by atoms with Gasteiger partial charge >= 0.3 is 0 Å². The van der Waals surface area contributed by atoms with E-state index in [9.17, 15) is 4.79 Å². The fourth-order valence-corrected chi connectivity index (χ4v) is 4.52. The van der Waals surface area contributed by atoms with E-state index in [4.69, 9.17) is 0 Å². The Morgan fingerprint density at radius 1 is 0.833 bits per heavy atom. The maximum absolute atomic E-state index is 11.9. The summed E-state index contributed by atoms with van der Waals surface area (Å²) < 4.78 is 0. The van der Waals surface area contributed by atoms with Crippen LogP contribution in [0.5, 0.6) is 0 Å². The molecule has 2 aliphatic rings. The average molecular weight is 337 g/mol. The highest BCUT2D eigenvalue weighted by atomic mass is 16.1. The average Bonchev–Trinajstić information content (AvgIpc) is 2.64. The predicted molar refractivity (Wildman–Crippen MR) is 102 cm³/mol. The van der Waals surface area contributed by atoms with Crippen molar-refractivity contribution in [3.05, 3.63) is 0 Å². The number of unbranched alkanes of at least 4 members (excludes halogenated alkanes) is 5.